The smallest absolute Gasteiger partial charge is 0.322 e. The minimum atomic E-state index is -0.766. The van der Waals surface area contributed by atoms with Crippen LogP contribution < -0.4 is 5.32 Å². The first-order valence-corrected chi connectivity index (χ1v) is 6.38. The van der Waals surface area contributed by atoms with Crippen molar-refractivity contribution in [1.29, 1.82) is 0 Å². The zero-order valence-electron chi connectivity index (χ0n) is 10.8. The molecule has 5 nitrogen and oxygen atoms in total. The van der Waals surface area contributed by atoms with E-state index in [0.29, 0.717) is 6.54 Å². The van der Waals surface area contributed by atoms with Crippen molar-refractivity contribution in [2.45, 2.75) is 38.3 Å². The lowest BCUT2D eigenvalue weighted by atomic mass is 10.1. The van der Waals surface area contributed by atoms with Gasteiger partial charge in [-0.3, -0.25) is 9.69 Å². The number of rotatable bonds is 7. The second-order valence-electron chi connectivity index (χ2n) is 4.60. The molecular weight excluding hydrogens is 220 g/mol. The molecule has 0 aromatic rings. The number of nitrogens with zero attached hydrogens (tertiary/aromatic N) is 1. The van der Waals surface area contributed by atoms with Gasteiger partial charge >= 0.3 is 5.97 Å². The Morgan fingerprint density at radius 1 is 1.65 bits per heavy atom. The summed E-state index contributed by atoms with van der Waals surface area (Å²) >= 11 is 0. The Balaban J connectivity index is 2.40. The summed E-state index contributed by atoms with van der Waals surface area (Å²) in [4.78, 5) is 13.3. The highest BCUT2D eigenvalue weighted by Gasteiger charge is 2.24. The number of nitrogens with one attached hydrogen (secondary N) is 1. The molecular formula is C12H24N2O3. The van der Waals surface area contributed by atoms with E-state index in [1.165, 1.54) is 0 Å². The minimum absolute atomic E-state index is 0.254. The number of aliphatic carboxylic acids is 1. The van der Waals surface area contributed by atoms with Crippen LogP contribution in [0, 0.1) is 0 Å². The van der Waals surface area contributed by atoms with Crippen LogP contribution in [-0.2, 0) is 9.53 Å². The predicted molar refractivity (Wildman–Crippen MR) is 66.2 cm³/mol. The van der Waals surface area contributed by atoms with Crippen LogP contribution in [0.3, 0.4) is 0 Å². The van der Waals surface area contributed by atoms with Crippen LogP contribution in [0.25, 0.3) is 0 Å². The van der Waals surface area contributed by atoms with E-state index in [2.05, 4.69) is 10.2 Å². The van der Waals surface area contributed by atoms with E-state index in [0.717, 1.165) is 38.9 Å². The lowest BCUT2D eigenvalue weighted by Gasteiger charge is -2.33. The second-order valence-corrected chi connectivity index (χ2v) is 4.60. The number of carbonyl (C=O) groups is 1. The van der Waals surface area contributed by atoms with E-state index in [4.69, 9.17) is 9.84 Å². The maximum absolute atomic E-state index is 11.1. The van der Waals surface area contributed by atoms with Crippen molar-refractivity contribution in [3.8, 4) is 0 Å². The van der Waals surface area contributed by atoms with Gasteiger partial charge in [0.05, 0.1) is 6.10 Å². The van der Waals surface area contributed by atoms with Crippen LogP contribution in [-0.4, -0.2) is 61.4 Å². The number of methoxy groups -OCH3 is 1. The van der Waals surface area contributed by atoms with Crippen LogP contribution in [0.1, 0.15) is 26.2 Å². The highest BCUT2D eigenvalue weighted by Crippen LogP contribution is 2.12. The van der Waals surface area contributed by atoms with Crippen LogP contribution in [0.4, 0.5) is 0 Å². The van der Waals surface area contributed by atoms with Crippen LogP contribution in [0.2, 0.25) is 0 Å². The van der Waals surface area contributed by atoms with Crippen molar-refractivity contribution in [3.63, 3.8) is 0 Å². The average Bonchev–Trinajstić information content (AvgIpc) is 2.34. The number of hydrogen-bond donors (Lipinski definition) is 2. The Labute approximate surface area is 103 Å². The maximum atomic E-state index is 11.1. The van der Waals surface area contributed by atoms with Gasteiger partial charge in [-0.1, -0.05) is 6.92 Å². The third kappa shape index (κ3) is 5.02. The second kappa shape index (κ2) is 7.63. The molecule has 1 aliphatic heterocycles. The molecule has 17 heavy (non-hydrogen) atoms. The number of piperidine rings is 1. The fourth-order valence-electron chi connectivity index (χ4n) is 2.18. The molecule has 0 bridgehead atoms. The molecule has 2 unspecified atom stereocenters. The van der Waals surface area contributed by atoms with Gasteiger partial charge in [0.2, 0.25) is 0 Å². The Hall–Kier alpha value is -0.650. The molecule has 0 amide bonds. The van der Waals surface area contributed by atoms with Crippen LogP contribution in [0.5, 0.6) is 0 Å². The summed E-state index contributed by atoms with van der Waals surface area (Å²) < 4.78 is 5.34. The molecule has 1 heterocycles. The van der Waals surface area contributed by atoms with Gasteiger partial charge in [0.15, 0.2) is 0 Å². The third-order valence-electron chi connectivity index (χ3n) is 3.18. The number of hydrogen-bond acceptors (Lipinski definition) is 4. The first-order chi connectivity index (χ1) is 8.17. The minimum Gasteiger partial charge on any atom is -0.480 e. The molecule has 2 N–H and O–H groups in total. The van der Waals surface area contributed by atoms with Gasteiger partial charge in [0.25, 0.3) is 0 Å². The quantitative estimate of drug-likeness (QED) is 0.685. The first-order valence-electron chi connectivity index (χ1n) is 6.38. The summed E-state index contributed by atoms with van der Waals surface area (Å²) in [6.07, 6.45) is 3.36. The molecule has 0 aromatic carbocycles. The molecule has 0 aromatic heterocycles. The molecule has 1 fully saturated rings. The summed E-state index contributed by atoms with van der Waals surface area (Å²) in [5, 5.41) is 12.2. The van der Waals surface area contributed by atoms with Gasteiger partial charge in [-0.2, -0.15) is 0 Å². The lowest BCUT2D eigenvalue weighted by molar-refractivity contribution is -0.140. The summed E-state index contributed by atoms with van der Waals surface area (Å²) in [5.41, 5.74) is 0. The van der Waals surface area contributed by atoms with Crippen LogP contribution >= 0.6 is 0 Å². The van der Waals surface area contributed by atoms with Gasteiger partial charge in [-0.25, -0.2) is 0 Å². The van der Waals surface area contributed by atoms with Crippen molar-refractivity contribution in [2.75, 3.05) is 33.3 Å². The van der Waals surface area contributed by atoms with Crippen molar-refractivity contribution in [1.82, 2.24) is 10.2 Å². The molecule has 0 aliphatic carbocycles. The first kappa shape index (κ1) is 14.4. The monoisotopic (exact) mass is 244 g/mol. The maximum Gasteiger partial charge on any atom is 0.322 e. The van der Waals surface area contributed by atoms with Crippen molar-refractivity contribution in [3.05, 3.63) is 0 Å². The van der Waals surface area contributed by atoms with Crippen molar-refractivity contribution in [2.24, 2.45) is 0 Å². The highest BCUT2D eigenvalue weighted by atomic mass is 16.5. The fraction of sp³-hybridized carbons (Fsp3) is 0.917. The summed E-state index contributed by atoms with van der Waals surface area (Å²) in [5.74, 6) is -0.766. The molecule has 0 saturated carbocycles. The van der Waals surface area contributed by atoms with Crippen LogP contribution in [0.15, 0.2) is 0 Å². The molecule has 5 heteroatoms. The number of ether oxygens (including phenoxy) is 1. The predicted octanol–water partition coefficient (Wildman–Crippen LogP) is 0.550. The van der Waals surface area contributed by atoms with Crippen molar-refractivity contribution < 1.29 is 14.6 Å². The van der Waals surface area contributed by atoms with E-state index in [-0.39, 0.29) is 6.10 Å². The zero-order chi connectivity index (χ0) is 12.7. The summed E-state index contributed by atoms with van der Waals surface area (Å²) in [7, 11) is 1.72. The average molecular weight is 244 g/mol. The molecule has 1 aliphatic rings. The third-order valence-corrected chi connectivity index (χ3v) is 3.18. The van der Waals surface area contributed by atoms with Gasteiger partial charge < -0.3 is 15.2 Å². The molecule has 100 valence electrons. The molecule has 2 atom stereocenters. The van der Waals surface area contributed by atoms with Gasteiger partial charge in [-0.15, -0.1) is 0 Å². The summed E-state index contributed by atoms with van der Waals surface area (Å²) in [6, 6.07) is -0.467. The number of carboxylic acids is 1. The van der Waals surface area contributed by atoms with E-state index in [1.54, 1.807) is 7.11 Å². The molecule has 0 radical (unpaired) electrons. The highest BCUT2D eigenvalue weighted by molar-refractivity contribution is 5.73. The lowest BCUT2D eigenvalue weighted by Crippen LogP contribution is -2.50. The topological polar surface area (TPSA) is 61.8 Å². The normalized spacial score (nSPS) is 23.5. The van der Waals surface area contributed by atoms with E-state index in [1.807, 2.05) is 6.92 Å². The van der Waals surface area contributed by atoms with E-state index in [9.17, 15) is 4.79 Å². The zero-order valence-corrected chi connectivity index (χ0v) is 10.8. The number of carboxylic acid groups (broad SMARTS) is 1. The van der Waals surface area contributed by atoms with Gasteiger partial charge in [0.1, 0.15) is 6.04 Å². The standard InChI is InChI=1S/C12H24N2O3/c1-3-6-13-11(12(15)16)9-14-7-4-5-10(8-14)17-2/h10-11,13H,3-9H2,1-2H3,(H,15,16). The Kier molecular flexibility index (Phi) is 6.47. The van der Waals surface area contributed by atoms with E-state index < -0.39 is 12.0 Å². The van der Waals surface area contributed by atoms with Crippen molar-refractivity contribution >= 4 is 5.97 Å². The summed E-state index contributed by atoms with van der Waals surface area (Å²) in [6.45, 7) is 5.16. The Bertz CT molecular complexity index is 236. The molecule has 1 rings (SSSR count). The van der Waals surface area contributed by atoms with E-state index >= 15 is 0 Å². The Morgan fingerprint density at radius 2 is 2.41 bits per heavy atom. The fourth-order valence-corrected chi connectivity index (χ4v) is 2.18. The largest absolute Gasteiger partial charge is 0.480 e. The molecule has 1 saturated heterocycles. The van der Waals surface area contributed by atoms with Gasteiger partial charge in [0, 0.05) is 20.2 Å². The Morgan fingerprint density at radius 3 is 3.00 bits per heavy atom. The SMILES string of the molecule is CCCNC(CN1CCCC(OC)C1)C(=O)O. The van der Waals surface area contributed by atoms with Gasteiger partial charge in [-0.05, 0) is 32.4 Å². The number of likely N-dealkylation sites (tertiary alicyclic amines) is 1. The molecule has 0 spiro atoms.